The van der Waals surface area contributed by atoms with E-state index in [-0.39, 0.29) is 17.1 Å². The summed E-state index contributed by atoms with van der Waals surface area (Å²) in [5.74, 6) is -2.43. The summed E-state index contributed by atoms with van der Waals surface area (Å²) in [6, 6.07) is 6.83. The molecule has 1 saturated carbocycles. The van der Waals surface area contributed by atoms with Gasteiger partial charge in [0, 0.05) is 41.9 Å². The molecule has 2 aromatic heterocycles. The Balaban J connectivity index is 1.44. The van der Waals surface area contributed by atoms with Crippen molar-refractivity contribution in [3.05, 3.63) is 60.1 Å². The number of amides is 1. The third-order valence-electron chi connectivity index (χ3n) is 5.92. The third-order valence-corrected chi connectivity index (χ3v) is 5.92. The van der Waals surface area contributed by atoms with Crippen LogP contribution < -0.4 is 15.4 Å². The van der Waals surface area contributed by atoms with Crippen molar-refractivity contribution < 1.29 is 18.3 Å². The van der Waals surface area contributed by atoms with Gasteiger partial charge in [-0.2, -0.15) is 24.0 Å². The van der Waals surface area contributed by atoms with Crippen molar-refractivity contribution >= 4 is 34.4 Å². The van der Waals surface area contributed by atoms with Gasteiger partial charge in [-0.1, -0.05) is 0 Å². The third kappa shape index (κ3) is 4.38. The summed E-state index contributed by atoms with van der Waals surface area (Å²) < 4.78 is 32.0. The van der Waals surface area contributed by atoms with E-state index in [1.54, 1.807) is 18.3 Å². The first kappa shape index (κ1) is 22.3. The predicted molar refractivity (Wildman–Crippen MR) is 126 cm³/mol. The fraction of sp³-hybridized carbons (Fsp3) is 0.250. The number of carbonyl (C=O) groups is 1. The number of methoxy groups -OCH3 is 1. The maximum absolute atomic E-state index is 13.3. The molecular formula is C24H21F2N7O2. The van der Waals surface area contributed by atoms with Gasteiger partial charge in [-0.25, -0.2) is 0 Å². The second-order valence-corrected chi connectivity index (χ2v) is 8.68. The highest BCUT2D eigenvalue weighted by molar-refractivity contribution is 5.97. The van der Waals surface area contributed by atoms with Crippen LogP contribution in [-0.2, 0) is 0 Å². The Labute approximate surface area is 199 Å². The molecule has 0 spiro atoms. The number of aromatic amines is 1. The van der Waals surface area contributed by atoms with Crippen molar-refractivity contribution in [1.82, 2.24) is 19.9 Å². The molecule has 2 aliphatic rings. The lowest BCUT2D eigenvalue weighted by molar-refractivity contribution is 0.0824. The van der Waals surface area contributed by atoms with E-state index in [0.29, 0.717) is 46.0 Å². The molecule has 3 aromatic rings. The van der Waals surface area contributed by atoms with Crippen LogP contribution in [0.1, 0.15) is 35.7 Å². The summed E-state index contributed by atoms with van der Waals surface area (Å²) in [6.45, 7) is 2.08. The van der Waals surface area contributed by atoms with Gasteiger partial charge < -0.3 is 20.4 Å². The van der Waals surface area contributed by atoms with Crippen molar-refractivity contribution in [3.63, 3.8) is 0 Å². The van der Waals surface area contributed by atoms with Gasteiger partial charge >= 0.3 is 0 Å². The number of nitrogens with one attached hydrogen (secondary N) is 3. The minimum Gasteiger partial charge on any atom is -0.495 e. The van der Waals surface area contributed by atoms with E-state index in [9.17, 15) is 18.8 Å². The second-order valence-electron chi connectivity index (χ2n) is 8.68. The van der Waals surface area contributed by atoms with Gasteiger partial charge in [0.15, 0.2) is 0 Å². The zero-order chi connectivity index (χ0) is 24.8. The van der Waals surface area contributed by atoms with Crippen molar-refractivity contribution in [2.45, 2.75) is 31.2 Å². The quantitative estimate of drug-likeness (QED) is 0.472. The first-order chi connectivity index (χ1) is 16.7. The van der Waals surface area contributed by atoms with Crippen LogP contribution in [0.5, 0.6) is 5.75 Å². The number of allylic oxidation sites excluding steroid dienone is 2. The lowest BCUT2D eigenvalue weighted by Gasteiger charge is -2.20. The number of hydrogen-bond acceptors (Lipinski definition) is 7. The molecule has 1 aliphatic carbocycles. The number of rotatable bonds is 6. The molecule has 3 N–H and O–H groups in total. The van der Waals surface area contributed by atoms with E-state index in [1.165, 1.54) is 13.2 Å². The van der Waals surface area contributed by atoms with Crippen molar-refractivity contribution in [3.8, 4) is 11.8 Å². The topological polar surface area (TPSA) is 119 Å². The highest BCUT2D eigenvalue weighted by Crippen LogP contribution is 2.40. The number of carbonyl (C=O) groups excluding carboxylic acids is 1. The molecule has 0 radical (unpaired) electrons. The van der Waals surface area contributed by atoms with Gasteiger partial charge in [0.2, 0.25) is 5.95 Å². The lowest BCUT2D eigenvalue weighted by Crippen LogP contribution is -2.25. The molecule has 0 unspecified atom stereocenters. The predicted octanol–water partition coefficient (Wildman–Crippen LogP) is 4.66. The van der Waals surface area contributed by atoms with Gasteiger partial charge in [-0.15, -0.1) is 0 Å². The van der Waals surface area contributed by atoms with Crippen LogP contribution >= 0.6 is 0 Å². The molecule has 35 heavy (non-hydrogen) atoms. The van der Waals surface area contributed by atoms with E-state index in [2.05, 4.69) is 38.6 Å². The van der Waals surface area contributed by atoms with E-state index in [0.717, 1.165) is 30.1 Å². The number of halogens is 2. The fourth-order valence-electron chi connectivity index (χ4n) is 3.66. The van der Waals surface area contributed by atoms with Crippen LogP contribution in [-0.4, -0.2) is 44.3 Å². The lowest BCUT2D eigenvalue weighted by atomic mass is 10.1. The molecule has 1 amide bonds. The van der Waals surface area contributed by atoms with Crippen LogP contribution in [0.2, 0.25) is 0 Å². The average molecular weight is 477 g/mol. The fourth-order valence-corrected chi connectivity index (χ4v) is 3.66. The van der Waals surface area contributed by atoms with Crippen LogP contribution in [0, 0.1) is 11.3 Å². The molecule has 3 heterocycles. The average Bonchev–Trinajstić information content (AvgIpc) is 3.40. The molecule has 1 aliphatic heterocycles. The number of anilines is 3. The monoisotopic (exact) mass is 477 g/mol. The SMILES string of the molecule is COc1cc(C(=O)N2C=CC(F)(F)C=C2)ccc1Nc1nc(NC2(C)CC2)c2c(C#N)c[nH]c2n1. The molecule has 178 valence electrons. The number of benzene rings is 1. The van der Waals surface area contributed by atoms with Gasteiger partial charge in [0.25, 0.3) is 11.8 Å². The molecule has 0 atom stereocenters. The Hall–Kier alpha value is -4.46. The Morgan fingerprint density at radius 1 is 1.26 bits per heavy atom. The van der Waals surface area contributed by atoms with Gasteiger partial charge in [0.05, 0.1) is 23.7 Å². The van der Waals surface area contributed by atoms with E-state index in [4.69, 9.17) is 4.74 Å². The zero-order valence-corrected chi connectivity index (χ0v) is 18.9. The number of hydrogen-bond donors (Lipinski definition) is 3. The standard InChI is InChI=1S/C24H21F2N7O2/c1-23(5-6-23)32-20-18-15(12-27)13-28-19(18)30-22(31-20)29-16-4-3-14(11-17(16)35-2)21(34)33-9-7-24(25,26)8-10-33/h3-4,7-11,13H,5-6H2,1-2H3,(H3,28,29,30,31,32). The minimum atomic E-state index is -3.08. The highest BCUT2D eigenvalue weighted by atomic mass is 19.3. The van der Waals surface area contributed by atoms with Crippen LogP contribution in [0.3, 0.4) is 0 Å². The Morgan fingerprint density at radius 3 is 2.66 bits per heavy atom. The Morgan fingerprint density at radius 2 is 2.00 bits per heavy atom. The molecule has 0 saturated heterocycles. The largest absolute Gasteiger partial charge is 0.495 e. The number of ether oxygens (including phenoxy) is 1. The molecule has 9 nitrogen and oxygen atoms in total. The Kier molecular flexibility index (Phi) is 5.16. The maximum Gasteiger partial charge on any atom is 0.288 e. The number of H-pyrrole nitrogens is 1. The van der Waals surface area contributed by atoms with Gasteiger partial charge in [-0.05, 0) is 38.0 Å². The van der Waals surface area contributed by atoms with E-state index >= 15 is 0 Å². The molecule has 11 heteroatoms. The summed E-state index contributed by atoms with van der Waals surface area (Å²) in [4.78, 5) is 25.9. The maximum atomic E-state index is 13.3. The van der Waals surface area contributed by atoms with Crippen molar-refractivity contribution in [1.29, 1.82) is 5.26 Å². The van der Waals surface area contributed by atoms with Crippen LogP contribution in [0.25, 0.3) is 11.0 Å². The molecular weight excluding hydrogens is 456 g/mol. The first-order valence-corrected chi connectivity index (χ1v) is 10.8. The molecule has 1 aromatic carbocycles. The summed E-state index contributed by atoms with van der Waals surface area (Å²) in [5, 5.41) is 16.6. The highest BCUT2D eigenvalue weighted by Gasteiger charge is 2.38. The number of fused-ring (bicyclic) bond motifs is 1. The first-order valence-electron chi connectivity index (χ1n) is 10.8. The second kappa shape index (κ2) is 8.09. The van der Waals surface area contributed by atoms with Crippen LogP contribution in [0.15, 0.2) is 48.9 Å². The van der Waals surface area contributed by atoms with Crippen molar-refractivity contribution in [2.24, 2.45) is 0 Å². The molecule has 5 rings (SSSR count). The summed E-state index contributed by atoms with van der Waals surface area (Å²) in [6.07, 6.45) is 6.94. The summed E-state index contributed by atoms with van der Waals surface area (Å²) in [7, 11) is 1.45. The minimum absolute atomic E-state index is 0.0798. The smallest absolute Gasteiger partial charge is 0.288 e. The molecule has 1 fully saturated rings. The van der Waals surface area contributed by atoms with Crippen molar-refractivity contribution in [2.75, 3.05) is 17.7 Å². The normalized spacial score (nSPS) is 17.2. The number of aromatic nitrogens is 3. The summed E-state index contributed by atoms with van der Waals surface area (Å²) in [5.41, 5.74) is 1.60. The Bertz CT molecular complexity index is 1420. The van der Waals surface area contributed by atoms with Gasteiger partial charge in [0.1, 0.15) is 23.3 Å². The summed E-state index contributed by atoms with van der Waals surface area (Å²) >= 11 is 0. The molecule has 0 bridgehead atoms. The van der Waals surface area contributed by atoms with E-state index < -0.39 is 11.8 Å². The number of nitrogens with zero attached hydrogens (tertiary/aromatic N) is 4. The number of nitriles is 1. The van der Waals surface area contributed by atoms with Crippen LogP contribution in [0.4, 0.5) is 26.2 Å². The zero-order valence-electron chi connectivity index (χ0n) is 18.9. The number of alkyl halides is 2. The van der Waals surface area contributed by atoms with Gasteiger partial charge in [-0.3, -0.25) is 9.69 Å². The van der Waals surface area contributed by atoms with E-state index in [1.807, 2.05) is 0 Å².